The summed E-state index contributed by atoms with van der Waals surface area (Å²) in [6.45, 7) is 6.69. The van der Waals surface area contributed by atoms with Gasteiger partial charge in [-0.3, -0.25) is 4.18 Å². The monoisotopic (exact) mass is 377 g/mol. The second-order valence-electron chi connectivity index (χ2n) is 6.58. The Morgan fingerprint density at radius 1 is 1.32 bits per heavy atom. The Hall–Kier alpha value is -1.87. The third-order valence-corrected chi connectivity index (χ3v) is 3.25. The molecule has 1 aromatic rings. The van der Waals surface area contributed by atoms with Crippen LogP contribution < -0.4 is 10.1 Å². The third kappa shape index (κ3) is 9.25. The molecule has 0 saturated carbocycles. The van der Waals surface area contributed by atoms with Crippen molar-refractivity contribution in [3.05, 3.63) is 29.6 Å². The zero-order valence-electron chi connectivity index (χ0n) is 15.0. The Kier molecular flexibility index (Phi) is 7.18. The number of hydrogen-bond acceptors (Lipinski definition) is 6. The molecular weight excluding hydrogens is 353 g/mol. The molecule has 0 spiro atoms. The molecule has 0 bridgehead atoms. The van der Waals surface area contributed by atoms with Gasteiger partial charge in [0.05, 0.1) is 18.9 Å². The van der Waals surface area contributed by atoms with Crippen molar-refractivity contribution in [3.63, 3.8) is 0 Å². The summed E-state index contributed by atoms with van der Waals surface area (Å²) in [5.41, 5.74) is -0.368. The van der Waals surface area contributed by atoms with Gasteiger partial charge in [0.15, 0.2) is 0 Å². The average molecular weight is 377 g/mol. The third-order valence-electron chi connectivity index (χ3n) is 2.70. The molecule has 0 aliphatic carbocycles. The maximum atomic E-state index is 13.4. The van der Waals surface area contributed by atoms with Gasteiger partial charge in [0.25, 0.3) is 10.1 Å². The fraction of sp³-hybridized carbons (Fsp3) is 0.562. The van der Waals surface area contributed by atoms with Gasteiger partial charge in [-0.15, -0.1) is 0 Å². The molecule has 1 rings (SSSR count). The maximum Gasteiger partial charge on any atom is 0.407 e. The van der Waals surface area contributed by atoms with E-state index in [0.717, 1.165) is 12.3 Å². The van der Waals surface area contributed by atoms with Crippen molar-refractivity contribution in [1.82, 2.24) is 5.32 Å². The predicted molar refractivity (Wildman–Crippen MR) is 90.4 cm³/mol. The van der Waals surface area contributed by atoms with Gasteiger partial charge in [-0.05, 0) is 45.9 Å². The number of carbonyl (C=O) groups excluding carboxylic acids is 1. The van der Waals surface area contributed by atoms with Crippen LogP contribution in [0.1, 0.15) is 33.3 Å². The number of rotatable bonds is 7. The van der Waals surface area contributed by atoms with E-state index in [9.17, 15) is 17.6 Å². The first-order valence-electron chi connectivity index (χ1n) is 7.61. The van der Waals surface area contributed by atoms with Gasteiger partial charge in [-0.2, -0.15) is 8.42 Å². The molecule has 0 heterocycles. The number of amides is 1. The van der Waals surface area contributed by atoms with Crippen LogP contribution in [-0.4, -0.2) is 39.0 Å². The largest absolute Gasteiger partial charge is 0.491 e. The van der Waals surface area contributed by atoms with Crippen LogP contribution in [0, 0.1) is 5.82 Å². The van der Waals surface area contributed by atoms with Crippen molar-refractivity contribution in [1.29, 1.82) is 0 Å². The van der Waals surface area contributed by atoms with Gasteiger partial charge in [0.1, 0.15) is 23.8 Å². The Labute approximate surface area is 147 Å². The van der Waals surface area contributed by atoms with Gasteiger partial charge in [0, 0.05) is 5.56 Å². The smallest absolute Gasteiger partial charge is 0.407 e. The summed E-state index contributed by atoms with van der Waals surface area (Å²) < 4.78 is 50.9. The molecule has 9 heteroatoms. The van der Waals surface area contributed by atoms with Gasteiger partial charge >= 0.3 is 6.09 Å². The van der Waals surface area contributed by atoms with E-state index in [1.54, 1.807) is 27.7 Å². The van der Waals surface area contributed by atoms with Gasteiger partial charge in [-0.1, -0.05) is 0 Å². The van der Waals surface area contributed by atoms with E-state index >= 15 is 0 Å². The molecule has 25 heavy (non-hydrogen) atoms. The van der Waals surface area contributed by atoms with E-state index in [4.69, 9.17) is 9.47 Å². The molecule has 1 atom stereocenters. The lowest BCUT2D eigenvalue weighted by Crippen LogP contribution is -2.40. The minimum Gasteiger partial charge on any atom is -0.491 e. The molecule has 0 radical (unpaired) electrons. The topological polar surface area (TPSA) is 90.9 Å². The summed E-state index contributed by atoms with van der Waals surface area (Å²) in [5, 5.41) is 2.61. The van der Waals surface area contributed by atoms with E-state index in [1.165, 1.54) is 12.1 Å². The second kappa shape index (κ2) is 8.48. The molecule has 0 aromatic heterocycles. The molecule has 0 aliphatic heterocycles. The summed E-state index contributed by atoms with van der Waals surface area (Å²) in [5.74, 6) is -0.276. The lowest BCUT2D eigenvalue weighted by Gasteiger charge is -2.22. The van der Waals surface area contributed by atoms with Gasteiger partial charge in [0.2, 0.25) is 0 Å². The Morgan fingerprint density at radius 3 is 2.52 bits per heavy atom. The second-order valence-corrected chi connectivity index (χ2v) is 8.22. The highest BCUT2D eigenvalue weighted by molar-refractivity contribution is 7.85. The van der Waals surface area contributed by atoms with Crippen molar-refractivity contribution in [2.75, 3.05) is 12.9 Å². The number of alkyl carbamates (subject to hydrolysis) is 1. The normalized spacial score (nSPS) is 13.2. The number of carbonyl (C=O) groups is 1. The Morgan fingerprint density at radius 2 is 1.96 bits per heavy atom. The van der Waals surface area contributed by atoms with Gasteiger partial charge < -0.3 is 14.8 Å². The van der Waals surface area contributed by atoms with E-state index in [1.807, 2.05) is 0 Å². The number of hydrogen-bond donors (Lipinski definition) is 1. The first-order valence-corrected chi connectivity index (χ1v) is 9.42. The number of halogens is 1. The van der Waals surface area contributed by atoms with Crippen LogP contribution in [0.3, 0.4) is 0 Å². The summed E-state index contributed by atoms with van der Waals surface area (Å²) in [6, 6.07) is 3.30. The average Bonchev–Trinajstić information content (AvgIpc) is 2.41. The van der Waals surface area contributed by atoms with Crippen LogP contribution in [0.4, 0.5) is 9.18 Å². The fourth-order valence-corrected chi connectivity index (χ4v) is 2.08. The van der Waals surface area contributed by atoms with Gasteiger partial charge in [-0.25, -0.2) is 9.18 Å². The standard InChI is InChI=1S/C16H24FNO6S/c1-11(18-15(19)24-16(2,3)4)9-22-14-7-6-13(17)8-12(14)10-23-25(5,20)21/h6-8,11H,9-10H2,1-5H3,(H,18,19). The quantitative estimate of drug-likeness (QED) is 0.735. The van der Waals surface area contributed by atoms with Crippen molar-refractivity contribution >= 4 is 16.2 Å². The van der Waals surface area contributed by atoms with Crippen LogP contribution in [0.25, 0.3) is 0 Å². The summed E-state index contributed by atoms with van der Waals surface area (Å²) in [4.78, 5) is 11.7. The summed E-state index contributed by atoms with van der Waals surface area (Å²) in [7, 11) is -3.67. The fourth-order valence-electron chi connectivity index (χ4n) is 1.74. The molecule has 1 amide bonds. The van der Waals surface area contributed by atoms with Crippen molar-refractivity contribution in [3.8, 4) is 5.75 Å². The Balaban J connectivity index is 2.65. The lowest BCUT2D eigenvalue weighted by molar-refractivity contribution is 0.0493. The zero-order chi connectivity index (χ0) is 19.3. The van der Waals surface area contributed by atoms with Crippen LogP contribution in [0.15, 0.2) is 18.2 Å². The molecule has 7 nitrogen and oxygen atoms in total. The molecule has 0 saturated heterocycles. The van der Waals surface area contributed by atoms with Crippen LogP contribution in [-0.2, 0) is 25.6 Å². The van der Waals surface area contributed by atoms with Crippen LogP contribution in [0.2, 0.25) is 0 Å². The highest BCUT2D eigenvalue weighted by Gasteiger charge is 2.18. The molecule has 0 aliphatic rings. The van der Waals surface area contributed by atoms with Crippen molar-refractivity contribution in [2.45, 2.75) is 45.9 Å². The minimum absolute atomic E-state index is 0.0801. The maximum absolute atomic E-state index is 13.4. The highest BCUT2D eigenvalue weighted by Crippen LogP contribution is 2.21. The molecule has 0 fully saturated rings. The SMILES string of the molecule is CC(COc1ccc(F)cc1COS(C)(=O)=O)NC(=O)OC(C)(C)C. The van der Waals surface area contributed by atoms with Crippen molar-refractivity contribution in [2.24, 2.45) is 0 Å². The molecule has 142 valence electrons. The minimum atomic E-state index is -3.67. The van der Waals surface area contributed by atoms with E-state index in [0.29, 0.717) is 0 Å². The van der Waals surface area contributed by atoms with Crippen LogP contribution >= 0.6 is 0 Å². The highest BCUT2D eigenvalue weighted by atomic mass is 32.2. The predicted octanol–water partition coefficient (Wildman–Crippen LogP) is 2.59. The number of nitrogens with one attached hydrogen (secondary N) is 1. The molecule has 1 N–H and O–H groups in total. The molecular formula is C16H24FNO6S. The zero-order valence-corrected chi connectivity index (χ0v) is 15.8. The molecule has 1 aromatic carbocycles. The molecule has 1 unspecified atom stereocenters. The van der Waals surface area contributed by atoms with E-state index in [-0.39, 0.29) is 30.6 Å². The first-order chi connectivity index (χ1) is 11.4. The summed E-state index contributed by atoms with van der Waals surface area (Å²) in [6.07, 6.45) is 0.322. The number of benzene rings is 1. The lowest BCUT2D eigenvalue weighted by atomic mass is 10.2. The first kappa shape index (κ1) is 21.2. The van der Waals surface area contributed by atoms with E-state index < -0.39 is 27.6 Å². The van der Waals surface area contributed by atoms with Crippen LogP contribution in [0.5, 0.6) is 5.75 Å². The Bertz CT molecular complexity index is 699. The summed E-state index contributed by atoms with van der Waals surface area (Å²) >= 11 is 0. The van der Waals surface area contributed by atoms with Crippen molar-refractivity contribution < 1.29 is 31.3 Å². The number of ether oxygens (including phenoxy) is 2. The van der Waals surface area contributed by atoms with E-state index in [2.05, 4.69) is 9.50 Å².